The van der Waals surface area contributed by atoms with Gasteiger partial charge >= 0.3 is 0 Å². The van der Waals surface area contributed by atoms with Crippen molar-refractivity contribution in [2.75, 3.05) is 140 Å². The van der Waals surface area contributed by atoms with Crippen molar-refractivity contribution >= 4 is 286 Å². The fraction of sp³-hybridized carbons (Fsp3) is 0.256. The molecule has 16 aromatic rings. The van der Waals surface area contributed by atoms with Crippen LogP contribution in [0.2, 0.25) is 75.3 Å². The second-order valence-electron chi connectivity index (χ2n) is 30.9. The number of H-pyrrole nitrogens is 8. The second kappa shape index (κ2) is 57.2. The molecular weight excluding hydrogens is 2130 g/mol. The van der Waals surface area contributed by atoms with Crippen LogP contribution >= 0.6 is 174 Å². The minimum absolute atomic E-state index is 0.263. The Labute approximate surface area is 887 Å². The van der Waals surface area contributed by atoms with Gasteiger partial charge in [-0.2, -0.15) is 39.9 Å². The zero-order chi connectivity index (χ0) is 102. The first-order valence-electron chi connectivity index (χ1n) is 42.3. The Morgan fingerprint density at radius 2 is 0.631 bits per heavy atom. The van der Waals surface area contributed by atoms with Crippen molar-refractivity contribution in [1.29, 1.82) is 0 Å². The van der Waals surface area contributed by atoms with Gasteiger partial charge in [0, 0.05) is 110 Å². The highest BCUT2D eigenvalue weighted by Crippen LogP contribution is 2.34. The van der Waals surface area contributed by atoms with Crippen LogP contribution in [-0.4, -0.2) is 195 Å². The molecule has 8 aromatic heterocycles. The number of rotatable bonds is 32. The topological polar surface area (TPSA) is 527 Å². The SMILES string of the molecule is CC(C)Nc1n[nH]c(Nc2ccc(Cl)c(Cl)c2)n1.CC(C)Nc1nc(NCCc2cc(Cl)c(Cl)c(Cl)c2)n[nH]1.CC(C)Nc1nc(NCc2ccc(Cl)c(Cl)c2)n[nH]1.CN(C)c1n[nH]c(NCCc2ccc(Cl)c(Cl)c2)n1.CN(C)c1n[nH]c(NCc2ccc(Cl)c(Cl)c2)n1.CN(C)c1n[nH]c(Nc2ccc(Cl)c(Cl)c2)n1.Nc1nc(NCc2ccccc2Cl)n[nH]1.Nc1nc(Nc2ccccc2Cl)n[nH]1. The summed E-state index contributed by atoms with van der Waals surface area (Å²) in [5.74, 6) is 8.58. The van der Waals surface area contributed by atoms with Gasteiger partial charge in [-0.1, -0.05) is 223 Å². The van der Waals surface area contributed by atoms with E-state index in [4.69, 9.17) is 185 Å². The van der Waals surface area contributed by atoms with Crippen LogP contribution in [0.3, 0.4) is 0 Å². The van der Waals surface area contributed by atoms with Gasteiger partial charge in [0.25, 0.3) is 0 Å². The van der Waals surface area contributed by atoms with E-state index in [0.29, 0.717) is 197 Å². The van der Waals surface area contributed by atoms with Crippen molar-refractivity contribution in [2.45, 2.75) is 92.1 Å². The minimum atomic E-state index is 0.263. The second-order valence-corrected chi connectivity index (χ2v) is 37.0. The Morgan fingerprint density at radius 1 is 0.277 bits per heavy atom. The number of benzene rings is 8. The number of halogens is 15. The molecule has 55 heteroatoms. The third-order valence-electron chi connectivity index (χ3n) is 17.5. The van der Waals surface area contributed by atoms with Gasteiger partial charge < -0.3 is 84.7 Å². The van der Waals surface area contributed by atoms with Gasteiger partial charge in [0.1, 0.15) is 0 Å². The molecule has 0 saturated carbocycles. The summed E-state index contributed by atoms with van der Waals surface area (Å²) >= 11 is 88.7. The zero-order valence-corrected chi connectivity index (χ0v) is 88.8. The van der Waals surface area contributed by atoms with Crippen molar-refractivity contribution in [3.8, 4) is 0 Å². The van der Waals surface area contributed by atoms with Crippen molar-refractivity contribution < 1.29 is 0 Å². The molecule has 0 aliphatic heterocycles. The monoisotopic (exact) mass is 2220 g/mol. The number of nitrogens with two attached hydrogens (primary N) is 2. The summed E-state index contributed by atoms with van der Waals surface area (Å²) in [6.45, 7) is 15.3. The number of nitrogens with zero attached hydrogens (tertiary/aromatic N) is 19. The normalized spacial score (nSPS) is 10.5. The molecule has 0 bridgehead atoms. The molecule has 141 heavy (non-hydrogen) atoms. The Hall–Kier alpha value is -12.0. The fourth-order valence-corrected chi connectivity index (χ4v) is 13.5. The predicted molar refractivity (Wildman–Crippen MR) is 582 cm³/mol. The van der Waals surface area contributed by atoms with Crippen LogP contribution < -0.4 is 84.7 Å². The van der Waals surface area contributed by atoms with E-state index in [0.717, 1.165) is 64.3 Å². The first-order valence-corrected chi connectivity index (χ1v) is 48.0. The number of aromatic amines is 8. The van der Waals surface area contributed by atoms with Gasteiger partial charge in [0.2, 0.25) is 95.2 Å². The largest absolute Gasteiger partial charge is 0.368 e. The lowest BCUT2D eigenvalue weighted by molar-refractivity contribution is 0.876. The summed E-state index contributed by atoms with van der Waals surface area (Å²) in [7, 11) is 11.3. The third kappa shape index (κ3) is 39.8. The molecule has 0 aliphatic rings. The van der Waals surface area contributed by atoms with Gasteiger partial charge in [0.15, 0.2) is 0 Å². The van der Waals surface area contributed by atoms with Crippen LogP contribution in [0.15, 0.2) is 152 Å². The maximum atomic E-state index is 5.99. The van der Waals surface area contributed by atoms with E-state index in [9.17, 15) is 0 Å². The fourth-order valence-electron chi connectivity index (χ4n) is 10.9. The average Bonchev–Trinajstić information content (AvgIpc) is 1.85. The third-order valence-corrected chi connectivity index (χ3v) is 23.1. The van der Waals surface area contributed by atoms with Crippen molar-refractivity contribution in [3.05, 3.63) is 255 Å². The molecule has 0 saturated heterocycles. The molecule has 16 rings (SSSR count). The minimum Gasteiger partial charge on any atom is -0.368 e. The Morgan fingerprint density at radius 3 is 1.09 bits per heavy atom. The van der Waals surface area contributed by atoms with Crippen molar-refractivity contribution in [2.24, 2.45) is 0 Å². The van der Waals surface area contributed by atoms with E-state index in [2.05, 4.69) is 180 Å². The molecule has 40 nitrogen and oxygen atoms in total. The molecule has 0 unspecified atom stereocenters. The number of nitrogen functional groups attached to an aromatic ring is 2. The molecule has 0 spiro atoms. The van der Waals surface area contributed by atoms with E-state index in [1.807, 2.05) is 185 Å². The molecule has 23 N–H and O–H groups in total. The lowest BCUT2D eigenvalue weighted by atomic mass is 10.1. The van der Waals surface area contributed by atoms with E-state index in [1.54, 1.807) is 65.6 Å². The number of anilines is 19. The lowest BCUT2D eigenvalue weighted by Crippen LogP contribution is -2.11. The quantitative estimate of drug-likeness (QED) is 0.0174. The molecule has 0 radical (unpaired) electrons. The standard InChI is InChI=1S/C13H16Cl3N5.2C12H15Cl2N5.2C11H13Cl2N5.C10H11Cl2N5.C9H10ClN5.C8H8ClN5/c1-7(2)18-13-19-12(20-21-13)17-4-3-8-5-9(14)11(16)10(15)6-8;1-7(2)16-12-17-11(18-19-12)15-6-8-3-4-9(13)10(14)5-8;1-19(2)12-16-11(17-18-12)15-6-5-8-3-4-9(13)10(14)7-8;1-18(2)11-15-10(16-17-11)14-6-7-3-4-8(12)9(13)5-7;1-6(2)14-10-16-11(18-17-10)15-7-3-4-8(12)9(13)5-7;1-17(2)10-14-9(15-16-10)13-6-3-4-7(11)8(12)5-6;10-7-4-2-1-3-6(7)5-12-9-13-8(11)14-15-9;9-5-3-1-2-4-6(5)11-8-12-7(10)13-14-8/h5-7H,3-4H2,1-2H3,(H3,17,18,19,20,21);3-5,7H,6H2,1-2H3,(H3,15,16,17,18,19);3-4,7H,5-6H2,1-2H3,(H2,15,16,17,18);3-5H,6H2,1-2H3,(H2,14,15,16,17);3-6H,1-2H3,(H3,14,15,16,17,18);3-5H,1-2H3,(H2,13,14,15,16);1-4H,5H2,(H4,11,12,13,14,15);1-4H,(H4,10,11,12,13,14). The molecule has 750 valence electrons. The number of para-hydroxylation sites is 1. The van der Waals surface area contributed by atoms with E-state index < -0.39 is 0 Å². The Kier molecular flexibility index (Phi) is 45.7. The molecule has 0 atom stereocenters. The maximum absolute atomic E-state index is 5.99. The number of hydrogen-bond acceptors (Lipinski definition) is 32. The van der Waals surface area contributed by atoms with Gasteiger partial charge in [-0.15, -0.1) is 40.8 Å². The summed E-state index contributed by atoms with van der Waals surface area (Å²) < 4.78 is 0. The van der Waals surface area contributed by atoms with Crippen LogP contribution in [-0.2, 0) is 32.5 Å². The van der Waals surface area contributed by atoms with E-state index >= 15 is 0 Å². The van der Waals surface area contributed by atoms with Crippen LogP contribution in [0.5, 0.6) is 0 Å². The van der Waals surface area contributed by atoms with E-state index in [-0.39, 0.29) is 17.9 Å². The van der Waals surface area contributed by atoms with Crippen LogP contribution in [0, 0.1) is 0 Å². The maximum Gasteiger partial charge on any atom is 0.248 e. The van der Waals surface area contributed by atoms with Gasteiger partial charge in [0.05, 0.1) is 76.0 Å². The van der Waals surface area contributed by atoms with Crippen LogP contribution in [0.1, 0.15) is 69.4 Å². The molecule has 8 heterocycles. The first-order chi connectivity index (χ1) is 67.2. The van der Waals surface area contributed by atoms with Gasteiger partial charge in [-0.05, 0) is 185 Å². The van der Waals surface area contributed by atoms with Crippen molar-refractivity contribution in [3.63, 3.8) is 0 Å². The summed E-state index contributed by atoms with van der Waals surface area (Å²) in [6, 6.07) is 46.5. The highest BCUT2D eigenvalue weighted by atomic mass is 35.5. The summed E-state index contributed by atoms with van der Waals surface area (Å²) in [5, 5.41) is 95.7. The van der Waals surface area contributed by atoms with Gasteiger partial charge in [-0.25, -0.2) is 40.8 Å². The van der Waals surface area contributed by atoms with E-state index in [1.165, 1.54) is 0 Å². The van der Waals surface area contributed by atoms with Crippen molar-refractivity contribution in [1.82, 2.24) is 121 Å². The smallest absolute Gasteiger partial charge is 0.248 e. The molecule has 0 amide bonds. The number of aromatic nitrogens is 24. The predicted octanol–water partition coefficient (Wildman–Crippen LogP) is 23.4. The van der Waals surface area contributed by atoms with Gasteiger partial charge in [-0.3, -0.25) is 0 Å². The van der Waals surface area contributed by atoms with Crippen LogP contribution in [0.25, 0.3) is 0 Å². The van der Waals surface area contributed by atoms with Crippen LogP contribution in [0.4, 0.5) is 112 Å². The highest BCUT2D eigenvalue weighted by Gasteiger charge is 2.15. The summed E-state index contributed by atoms with van der Waals surface area (Å²) in [6.07, 6.45) is 1.56. The Balaban J connectivity index is 0.000000180. The summed E-state index contributed by atoms with van der Waals surface area (Å²) in [4.78, 5) is 38.8. The first kappa shape index (κ1) is 113. The highest BCUT2D eigenvalue weighted by molar-refractivity contribution is 6.48. The molecular formula is C86H101Cl15N40. The average molecular weight is 2230 g/mol. The number of hydrogen-bond donors (Lipinski definition) is 21. The summed E-state index contributed by atoms with van der Waals surface area (Å²) in [5.41, 5.74) is 18.2. The molecule has 0 fully saturated rings. The molecule has 0 aliphatic carbocycles. The molecule has 8 aromatic carbocycles. The number of nitrogens with one attached hydrogen (secondary N) is 19. The zero-order valence-electron chi connectivity index (χ0n) is 77.4. The Bertz CT molecular complexity index is 6490. The lowest BCUT2D eigenvalue weighted by Gasteiger charge is -2.06.